The molecule has 0 aliphatic carbocycles. The van der Waals surface area contributed by atoms with Gasteiger partial charge in [0.1, 0.15) is 5.84 Å². The maximum absolute atomic E-state index is 6.02. The van der Waals surface area contributed by atoms with E-state index in [-0.39, 0.29) is 0 Å². The summed E-state index contributed by atoms with van der Waals surface area (Å²) in [6, 6.07) is 8.33. The van der Waals surface area contributed by atoms with Gasteiger partial charge in [-0.25, -0.2) is 0 Å². The van der Waals surface area contributed by atoms with Crippen LogP contribution in [0.15, 0.2) is 47.6 Å². The molecule has 3 heteroatoms. The molecule has 2 aliphatic rings. The van der Waals surface area contributed by atoms with Crippen molar-refractivity contribution in [3.8, 4) is 0 Å². The highest BCUT2D eigenvalue weighted by Crippen LogP contribution is 2.26. The normalized spacial score (nSPS) is 22.2. The lowest BCUT2D eigenvalue weighted by molar-refractivity contribution is 0.509. The lowest BCUT2D eigenvalue weighted by atomic mass is 10.0. The highest BCUT2D eigenvalue weighted by Gasteiger charge is 2.24. The van der Waals surface area contributed by atoms with E-state index in [9.17, 15) is 0 Å². The second-order valence-electron chi connectivity index (χ2n) is 4.32. The molecule has 0 fully saturated rings. The van der Waals surface area contributed by atoms with Crippen LogP contribution in [-0.2, 0) is 0 Å². The predicted octanol–water partition coefficient (Wildman–Crippen LogP) is 3.35. The first-order chi connectivity index (χ1) is 8.24. The lowest BCUT2D eigenvalue weighted by Gasteiger charge is -2.25. The van der Waals surface area contributed by atoms with Crippen LogP contribution in [0.3, 0.4) is 0 Å². The number of benzene rings is 1. The summed E-state index contributed by atoms with van der Waals surface area (Å²) in [4.78, 5) is 6.67. The average Bonchev–Trinajstić information content (AvgIpc) is 2.71. The Morgan fingerprint density at radius 2 is 2.29 bits per heavy atom. The molecule has 0 saturated carbocycles. The van der Waals surface area contributed by atoms with E-state index < -0.39 is 0 Å². The zero-order valence-electron chi connectivity index (χ0n) is 9.60. The molecule has 0 N–H and O–H groups in total. The third-order valence-electron chi connectivity index (χ3n) is 3.17. The third kappa shape index (κ3) is 1.89. The number of allylic oxidation sites excluding steroid dienone is 2. The molecule has 2 heterocycles. The van der Waals surface area contributed by atoms with E-state index in [4.69, 9.17) is 11.6 Å². The van der Waals surface area contributed by atoms with Gasteiger partial charge in [-0.3, -0.25) is 4.99 Å². The van der Waals surface area contributed by atoms with E-state index >= 15 is 0 Å². The summed E-state index contributed by atoms with van der Waals surface area (Å²) in [5.41, 5.74) is 2.33. The smallest absolute Gasteiger partial charge is 0.100 e. The Labute approximate surface area is 106 Å². The van der Waals surface area contributed by atoms with Crippen LogP contribution < -0.4 is 0 Å². The van der Waals surface area contributed by atoms with Gasteiger partial charge in [0.2, 0.25) is 0 Å². The van der Waals surface area contributed by atoms with Crippen LogP contribution in [0.25, 0.3) is 5.57 Å². The van der Waals surface area contributed by atoms with Crippen LogP contribution in [0.4, 0.5) is 0 Å². The van der Waals surface area contributed by atoms with Crippen molar-refractivity contribution < 1.29 is 0 Å². The first-order valence-electron chi connectivity index (χ1n) is 5.69. The number of hydrogen-bond acceptors (Lipinski definition) is 2. The molecule has 0 spiro atoms. The Bertz CT molecular complexity index is 543. The van der Waals surface area contributed by atoms with Gasteiger partial charge in [0.25, 0.3) is 0 Å². The Balaban J connectivity index is 1.97. The summed E-state index contributed by atoms with van der Waals surface area (Å²) < 4.78 is 0. The summed E-state index contributed by atoms with van der Waals surface area (Å²) in [6.07, 6.45) is 6.51. The van der Waals surface area contributed by atoms with Crippen molar-refractivity contribution in [2.75, 3.05) is 6.54 Å². The van der Waals surface area contributed by atoms with Crippen LogP contribution in [0.5, 0.6) is 0 Å². The largest absolute Gasteiger partial charge is 0.328 e. The molecule has 0 bridgehead atoms. The van der Waals surface area contributed by atoms with Crippen LogP contribution in [-0.4, -0.2) is 23.3 Å². The molecule has 3 rings (SSSR count). The zero-order chi connectivity index (χ0) is 11.8. The molecule has 0 aromatic heterocycles. The van der Waals surface area contributed by atoms with Gasteiger partial charge in [0, 0.05) is 11.2 Å². The Hall–Kier alpha value is -1.54. The van der Waals surface area contributed by atoms with Gasteiger partial charge < -0.3 is 4.90 Å². The Morgan fingerprint density at radius 1 is 1.41 bits per heavy atom. The number of fused-ring (bicyclic) bond motifs is 1. The fourth-order valence-electron chi connectivity index (χ4n) is 2.22. The van der Waals surface area contributed by atoms with Crippen molar-refractivity contribution in [2.45, 2.75) is 13.0 Å². The predicted molar refractivity (Wildman–Crippen MR) is 72.2 cm³/mol. The number of amidine groups is 1. The molecule has 2 nitrogen and oxygen atoms in total. The van der Waals surface area contributed by atoms with E-state index in [1.54, 1.807) is 0 Å². The topological polar surface area (TPSA) is 15.6 Å². The highest BCUT2D eigenvalue weighted by molar-refractivity contribution is 6.30. The van der Waals surface area contributed by atoms with Gasteiger partial charge in [-0.2, -0.15) is 0 Å². The number of aliphatic imine (C=N–C) groups is 1. The summed E-state index contributed by atoms with van der Waals surface area (Å²) in [7, 11) is 0. The molecule has 1 atom stereocenters. The second kappa shape index (κ2) is 4.04. The average molecular weight is 245 g/mol. The van der Waals surface area contributed by atoms with E-state index in [1.807, 2.05) is 25.1 Å². The van der Waals surface area contributed by atoms with Gasteiger partial charge in [0.15, 0.2) is 0 Å². The maximum Gasteiger partial charge on any atom is 0.100 e. The van der Waals surface area contributed by atoms with Gasteiger partial charge in [-0.15, -0.1) is 0 Å². The Kier molecular flexibility index (Phi) is 2.52. The highest BCUT2D eigenvalue weighted by atomic mass is 35.5. The van der Waals surface area contributed by atoms with E-state index in [0.717, 1.165) is 23.0 Å². The molecule has 0 saturated heterocycles. The van der Waals surface area contributed by atoms with Crippen LogP contribution >= 0.6 is 11.6 Å². The van der Waals surface area contributed by atoms with Crippen molar-refractivity contribution in [3.05, 3.63) is 53.2 Å². The van der Waals surface area contributed by atoms with Gasteiger partial charge in [-0.1, -0.05) is 35.9 Å². The van der Waals surface area contributed by atoms with Gasteiger partial charge >= 0.3 is 0 Å². The van der Waals surface area contributed by atoms with Gasteiger partial charge in [-0.05, 0) is 30.2 Å². The molecular weight excluding hydrogens is 232 g/mol. The molecule has 86 valence electrons. The van der Waals surface area contributed by atoms with Crippen LogP contribution in [0.1, 0.15) is 12.5 Å². The van der Waals surface area contributed by atoms with E-state index in [2.05, 4.69) is 34.3 Å². The lowest BCUT2D eigenvalue weighted by Crippen LogP contribution is -2.30. The van der Waals surface area contributed by atoms with Crippen molar-refractivity contribution in [1.82, 2.24) is 4.90 Å². The molecule has 1 aromatic rings. The fraction of sp³-hybridized carbons (Fsp3) is 0.214. The molecule has 1 aromatic carbocycles. The Morgan fingerprint density at radius 3 is 3.12 bits per heavy atom. The van der Waals surface area contributed by atoms with Crippen LogP contribution in [0, 0.1) is 0 Å². The first kappa shape index (κ1) is 10.6. The summed E-state index contributed by atoms with van der Waals surface area (Å²) in [5, 5.41) is 0.769. The van der Waals surface area contributed by atoms with E-state index in [0.29, 0.717) is 6.04 Å². The minimum atomic E-state index is 0.401. The molecule has 2 aliphatic heterocycles. The van der Waals surface area contributed by atoms with Gasteiger partial charge in [0.05, 0.1) is 12.6 Å². The third-order valence-corrected chi connectivity index (χ3v) is 3.41. The zero-order valence-corrected chi connectivity index (χ0v) is 10.4. The minimum absolute atomic E-state index is 0.401. The maximum atomic E-state index is 6.02. The van der Waals surface area contributed by atoms with E-state index in [1.165, 1.54) is 5.57 Å². The summed E-state index contributed by atoms with van der Waals surface area (Å²) in [6.45, 7) is 2.91. The monoisotopic (exact) mass is 244 g/mol. The standard InChI is InChI=1S/C14H13ClN2/c1-10-16-8-14-6-5-12(9-17(10)14)11-3-2-4-13(15)7-11/h2-7,9,14H,8H2,1H3. The minimum Gasteiger partial charge on any atom is -0.328 e. The molecule has 0 radical (unpaired) electrons. The second-order valence-corrected chi connectivity index (χ2v) is 4.75. The molecular formula is C14H13ClN2. The SMILES string of the molecule is CC1=NCC2C=CC(c3cccc(Cl)c3)=CN12. The van der Waals surface area contributed by atoms with Crippen molar-refractivity contribution in [3.63, 3.8) is 0 Å². The number of halogens is 1. The summed E-state index contributed by atoms with van der Waals surface area (Å²) >= 11 is 6.02. The number of nitrogens with zero attached hydrogens (tertiary/aromatic N) is 2. The van der Waals surface area contributed by atoms with Crippen molar-refractivity contribution in [1.29, 1.82) is 0 Å². The fourth-order valence-corrected chi connectivity index (χ4v) is 2.41. The van der Waals surface area contributed by atoms with Crippen molar-refractivity contribution in [2.24, 2.45) is 4.99 Å². The number of hydrogen-bond donors (Lipinski definition) is 0. The molecule has 1 unspecified atom stereocenters. The number of rotatable bonds is 1. The summed E-state index contributed by atoms with van der Waals surface area (Å²) in [5.74, 6) is 1.08. The first-order valence-corrected chi connectivity index (χ1v) is 6.07. The quantitative estimate of drug-likeness (QED) is 0.740. The molecule has 17 heavy (non-hydrogen) atoms. The van der Waals surface area contributed by atoms with Crippen molar-refractivity contribution >= 4 is 23.0 Å². The molecule has 0 amide bonds. The van der Waals surface area contributed by atoms with Crippen LogP contribution in [0.2, 0.25) is 5.02 Å².